The van der Waals surface area contributed by atoms with Crippen LogP contribution in [0.5, 0.6) is 0 Å². The summed E-state index contributed by atoms with van der Waals surface area (Å²) >= 11 is 3.71. The number of benzene rings is 2. The fraction of sp³-hybridized carbons (Fsp3) is 0.444. The van der Waals surface area contributed by atoms with Crippen molar-refractivity contribution in [1.82, 2.24) is 15.1 Å². The van der Waals surface area contributed by atoms with Crippen molar-refractivity contribution in [3.63, 3.8) is 0 Å². The van der Waals surface area contributed by atoms with Crippen LogP contribution in [0.1, 0.15) is 43.4 Å². The molecule has 11 heteroatoms. The molecule has 0 aromatic heterocycles. The molecular formula is C36H42BrN3O7. The van der Waals surface area contributed by atoms with Crippen LogP contribution in [-0.2, 0) is 35.2 Å². The summed E-state index contributed by atoms with van der Waals surface area (Å²) in [7, 11) is 0. The lowest BCUT2D eigenvalue weighted by Crippen LogP contribution is -2.58. The molecule has 8 atom stereocenters. The van der Waals surface area contributed by atoms with Crippen LogP contribution in [0.15, 0.2) is 86.0 Å². The first-order chi connectivity index (χ1) is 22.7. The third-order valence-corrected chi connectivity index (χ3v) is 10.2. The van der Waals surface area contributed by atoms with Crippen molar-refractivity contribution in [1.29, 1.82) is 0 Å². The second-order valence-electron chi connectivity index (χ2n) is 12.4. The van der Waals surface area contributed by atoms with E-state index in [1.807, 2.05) is 60.7 Å². The maximum absolute atomic E-state index is 14.6. The molecule has 0 radical (unpaired) electrons. The normalized spacial score (nSPS) is 27.1. The molecule has 3 heterocycles. The van der Waals surface area contributed by atoms with Crippen LogP contribution >= 0.6 is 15.9 Å². The van der Waals surface area contributed by atoms with Crippen molar-refractivity contribution in [3.05, 3.63) is 97.1 Å². The van der Waals surface area contributed by atoms with Crippen LogP contribution in [0.25, 0.3) is 0 Å². The summed E-state index contributed by atoms with van der Waals surface area (Å²) in [5, 5.41) is 13.3. The van der Waals surface area contributed by atoms with Crippen molar-refractivity contribution >= 4 is 39.6 Å². The van der Waals surface area contributed by atoms with E-state index in [9.17, 15) is 24.3 Å². The smallest absolute Gasteiger partial charge is 0.306 e. The van der Waals surface area contributed by atoms with E-state index in [0.717, 1.165) is 11.1 Å². The third kappa shape index (κ3) is 6.79. The van der Waals surface area contributed by atoms with Crippen LogP contribution in [-0.4, -0.2) is 87.0 Å². The maximum Gasteiger partial charge on any atom is 0.306 e. The summed E-state index contributed by atoms with van der Waals surface area (Å²) in [5.41, 5.74) is 0.342. The number of aliphatic hydroxyl groups excluding tert-OH is 1. The van der Waals surface area contributed by atoms with E-state index in [-0.39, 0.29) is 43.5 Å². The lowest BCUT2D eigenvalue weighted by Gasteiger charge is -2.38. The standard InChI is InChI=1S/C36H42BrN3O7/c1-4-6-17-28(42)46-22-27(25-15-11-8-12-16-25)38-33(43)29-30-34(44)40(23(3)21-41)32(36(30)19-26(37)31(29)47-36)35(45)39(18-5-2)20-24-13-9-7-10-14-24/h4-5,7-16,23,26-27,29-32,41H,1-2,6,17-22H2,3H3,(H,38,43)/t23-,26?,27+,29+,30-,31+,32+,36-/m1/s1. The molecular weight excluding hydrogens is 666 g/mol. The average molecular weight is 709 g/mol. The van der Waals surface area contributed by atoms with Crippen LogP contribution in [0.3, 0.4) is 0 Å². The van der Waals surface area contributed by atoms with E-state index in [2.05, 4.69) is 34.4 Å². The van der Waals surface area contributed by atoms with Gasteiger partial charge in [-0.3, -0.25) is 19.2 Å². The molecule has 0 saturated carbocycles. The lowest BCUT2D eigenvalue weighted by molar-refractivity contribution is -0.151. The maximum atomic E-state index is 14.6. The SMILES string of the molecule is C=CCCC(=O)OC[C@H](NC(=O)[C@@H]1[C@H]2O[C@@]3(CC2Br)[C@H](C(=O)N(CC=C)Cc2ccccc2)N([C@H](C)CO)C(=O)[C@@H]13)c1ccccc1. The van der Waals surface area contributed by atoms with Crippen molar-refractivity contribution in [3.8, 4) is 0 Å². The van der Waals surface area contributed by atoms with Gasteiger partial charge < -0.3 is 29.7 Å². The molecule has 250 valence electrons. The number of nitrogens with one attached hydrogen (secondary N) is 1. The molecule has 1 unspecified atom stereocenters. The number of likely N-dealkylation sites (tertiary alicyclic amines) is 1. The van der Waals surface area contributed by atoms with E-state index in [4.69, 9.17) is 9.47 Å². The Labute approximate surface area is 283 Å². The van der Waals surface area contributed by atoms with Gasteiger partial charge in [0.1, 0.15) is 18.2 Å². The molecule has 3 aliphatic heterocycles. The lowest BCUT2D eigenvalue weighted by atomic mass is 9.70. The van der Waals surface area contributed by atoms with Gasteiger partial charge in [0.25, 0.3) is 0 Å². The molecule has 0 aliphatic carbocycles. The Morgan fingerprint density at radius 2 is 1.83 bits per heavy atom. The van der Waals surface area contributed by atoms with Gasteiger partial charge in [0.05, 0.1) is 36.6 Å². The second kappa shape index (κ2) is 15.0. The van der Waals surface area contributed by atoms with E-state index >= 15 is 0 Å². The number of halogens is 1. The molecule has 3 amide bonds. The number of carbonyl (C=O) groups is 4. The zero-order valence-corrected chi connectivity index (χ0v) is 28.1. The van der Waals surface area contributed by atoms with Gasteiger partial charge in [0, 0.05) is 24.3 Å². The average Bonchev–Trinajstić information content (AvgIpc) is 3.68. The monoisotopic (exact) mass is 707 g/mol. The van der Waals surface area contributed by atoms with Crippen molar-refractivity contribution in [2.24, 2.45) is 11.8 Å². The van der Waals surface area contributed by atoms with Gasteiger partial charge in [0.15, 0.2) is 0 Å². The highest BCUT2D eigenvalue weighted by atomic mass is 79.9. The zero-order chi connectivity index (χ0) is 33.7. The molecule has 5 rings (SSSR count). The number of carbonyl (C=O) groups excluding carboxylic acids is 4. The number of fused-ring (bicyclic) bond motifs is 1. The Bertz CT molecular complexity index is 1470. The van der Waals surface area contributed by atoms with Gasteiger partial charge in [-0.1, -0.05) is 88.7 Å². The predicted molar refractivity (Wildman–Crippen MR) is 179 cm³/mol. The molecule has 2 bridgehead atoms. The Kier molecular flexibility index (Phi) is 11.0. The summed E-state index contributed by atoms with van der Waals surface area (Å²) in [6.07, 6.45) is 3.56. The number of rotatable bonds is 15. The van der Waals surface area contributed by atoms with Crippen LogP contribution < -0.4 is 5.32 Å². The van der Waals surface area contributed by atoms with Gasteiger partial charge in [-0.05, 0) is 30.9 Å². The van der Waals surface area contributed by atoms with E-state index in [1.54, 1.807) is 24.0 Å². The van der Waals surface area contributed by atoms with E-state index < -0.39 is 59.5 Å². The Morgan fingerprint density at radius 3 is 2.47 bits per heavy atom. The summed E-state index contributed by atoms with van der Waals surface area (Å²) in [6, 6.07) is 16.2. The van der Waals surface area contributed by atoms with Crippen molar-refractivity contribution in [2.75, 3.05) is 19.8 Å². The molecule has 2 N–H and O–H groups in total. The number of allylic oxidation sites excluding steroid dienone is 1. The topological polar surface area (TPSA) is 125 Å². The second-order valence-corrected chi connectivity index (χ2v) is 13.6. The summed E-state index contributed by atoms with van der Waals surface area (Å²) in [4.78, 5) is 58.3. The predicted octanol–water partition coefficient (Wildman–Crippen LogP) is 3.70. The highest BCUT2D eigenvalue weighted by Gasteiger charge is 2.77. The van der Waals surface area contributed by atoms with Gasteiger partial charge in [0.2, 0.25) is 17.7 Å². The minimum atomic E-state index is -1.30. The minimum absolute atomic E-state index is 0.101. The van der Waals surface area contributed by atoms with E-state index in [0.29, 0.717) is 12.8 Å². The number of ether oxygens (including phenoxy) is 2. The van der Waals surface area contributed by atoms with Crippen LogP contribution in [0, 0.1) is 11.8 Å². The Hall–Kier alpha value is -3.80. The molecule has 47 heavy (non-hydrogen) atoms. The van der Waals surface area contributed by atoms with Gasteiger partial charge in [-0.25, -0.2) is 0 Å². The highest BCUT2D eigenvalue weighted by Crippen LogP contribution is 2.60. The van der Waals surface area contributed by atoms with Crippen molar-refractivity contribution in [2.45, 2.75) is 67.4 Å². The van der Waals surface area contributed by atoms with E-state index in [1.165, 1.54) is 4.90 Å². The Morgan fingerprint density at radius 1 is 1.15 bits per heavy atom. The fourth-order valence-corrected chi connectivity index (χ4v) is 8.16. The highest BCUT2D eigenvalue weighted by molar-refractivity contribution is 9.09. The number of hydrogen-bond acceptors (Lipinski definition) is 7. The summed E-state index contributed by atoms with van der Waals surface area (Å²) in [6.45, 7) is 9.21. The molecule has 1 spiro atoms. The summed E-state index contributed by atoms with van der Waals surface area (Å²) < 4.78 is 12.2. The Balaban J connectivity index is 1.46. The molecule has 2 aromatic carbocycles. The third-order valence-electron chi connectivity index (χ3n) is 9.36. The number of alkyl halides is 1. The first-order valence-corrected chi connectivity index (χ1v) is 16.9. The number of esters is 1. The molecule has 10 nitrogen and oxygen atoms in total. The van der Waals surface area contributed by atoms with Crippen LogP contribution in [0.4, 0.5) is 0 Å². The zero-order valence-electron chi connectivity index (χ0n) is 26.5. The van der Waals surface area contributed by atoms with Crippen LogP contribution in [0.2, 0.25) is 0 Å². The van der Waals surface area contributed by atoms with Gasteiger partial charge in [-0.2, -0.15) is 0 Å². The largest absolute Gasteiger partial charge is 0.463 e. The first-order valence-electron chi connectivity index (χ1n) is 16.0. The quantitative estimate of drug-likeness (QED) is 0.164. The molecule has 3 saturated heterocycles. The minimum Gasteiger partial charge on any atom is -0.463 e. The number of amides is 3. The molecule has 3 aliphatic rings. The molecule has 2 aromatic rings. The number of nitrogens with zero attached hydrogens (tertiary/aromatic N) is 2. The van der Waals surface area contributed by atoms with Gasteiger partial charge in [-0.15, -0.1) is 13.2 Å². The fourth-order valence-electron chi connectivity index (χ4n) is 7.22. The number of hydrogen-bond donors (Lipinski definition) is 2. The first kappa shape index (κ1) is 34.5. The molecule has 3 fully saturated rings. The summed E-state index contributed by atoms with van der Waals surface area (Å²) in [5.74, 6) is -3.48. The van der Waals surface area contributed by atoms with Gasteiger partial charge >= 0.3 is 5.97 Å². The van der Waals surface area contributed by atoms with Crippen molar-refractivity contribution < 1.29 is 33.8 Å². The number of aliphatic hydroxyl groups is 1.